The minimum atomic E-state index is 0.151. The van der Waals surface area contributed by atoms with Crippen molar-refractivity contribution in [2.24, 2.45) is 0 Å². The highest BCUT2D eigenvalue weighted by Gasteiger charge is 2.22. The van der Waals surface area contributed by atoms with E-state index in [4.69, 9.17) is 0 Å². The van der Waals surface area contributed by atoms with E-state index in [0.717, 1.165) is 37.1 Å². The lowest BCUT2D eigenvalue weighted by Crippen LogP contribution is -2.25. The molecule has 4 nitrogen and oxygen atoms in total. The van der Waals surface area contributed by atoms with E-state index >= 15 is 0 Å². The highest BCUT2D eigenvalue weighted by molar-refractivity contribution is 5.96. The third kappa shape index (κ3) is 4.68. The molecule has 1 aromatic carbocycles. The van der Waals surface area contributed by atoms with Crippen LogP contribution in [0.15, 0.2) is 24.3 Å². The average molecular weight is 274 g/mol. The number of carbonyl (C=O) groups is 2. The molecular weight excluding hydrogens is 252 g/mol. The Morgan fingerprint density at radius 3 is 2.50 bits per heavy atom. The monoisotopic (exact) mass is 274 g/mol. The fourth-order valence-electron chi connectivity index (χ4n) is 1.99. The number of nitrogens with one attached hydrogen (secondary N) is 2. The summed E-state index contributed by atoms with van der Waals surface area (Å²) in [5.41, 5.74) is 1.74. The van der Waals surface area contributed by atoms with Gasteiger partial charge in [-0.15, -0.1) is 0 Å². The van der Waals surface area contributed by atoms with Crippen LogP contribution in [0.4, 0.5) is 5.69 Å². The van der Waals surface area contributed by atoms with Gasteiger partial charge in [-0.25, -0.2) is 0 Å². The molecule has 1 aliphatic rings. The van der Waals surface area contributed by atoms with Gasteiger partial charge in [0.15, 0.2) is 5.78 Å². The van der Waals surface area contributed by atoms with Gasteiger partial charge in [0.1, 0.15) is 0 Å². The van der Waals surface area contributed by atoms with E-state index in [1.165, 1.54) is 0 Å². The summed E-state index contributed by atoms with van der Waals surface area (Å²) in [6, 6.07) is 7.95. The fourth-order valence-corrected chi connectivity index (χ4v) is 1.99. The van der Waals surface area contributed by atoms with Crippen LogP contribution in [0.2, 0.25) is 0 Å². The number of rotatable bonds is 8. The van der Waals surface area contributed by atoms with Crippen molar-refractivity contribution in [2.45, 2.75) is 45.1 Å². The molecule has 0 heterocycles. The molecule has 0 aliphatic heterocycles. The Morgan fingerprint density at radius 1 is 1.20 bits per heavy atom. The van der Waals surface area contributed by atoms with Crippen LogP contribution in [0.5, 0.6) is 0 Å². The molecule has 0 spiro atoms. The smallest absolute Gasteiger partial charge is 0.220 e. The lowest BCUT2D eigenvalue weighted by molar-refractivity contribution is -0.121. The van der Waals surface area contributed by atoms with E-state index in [1.807, 2.05) is 31.2 Å². The maximum absolute atomic E-state index is 11.5. The van der Waals surface area contributed by atoms with Crippen LogP contribution < -0.4 is 10.6 Å². The van der Waals surface area contributed by atoms with Crippen molar-refractivity contribution >= 4 is 17.4 Å². The van der Waals surface area contributed by atoms with Gasteiger partial charge in [-0.05, 0) is 43.5 Å². The van der Waals surface area contributed by atoms with E-state index < -0.39 is 0 Å². The largest absolute Gasteiger partial charge is 0.385 e. The first-order valence-corrected chi connectivity index (χ1v) is 7.35. The Balaban J connectivity index is 1.65. The molecule has 2 rings (SSSR count). The van der Waals surface area contributed by atoms with Crippen LogP contribution in [0.3, 0.4) is 0 Å². The molecule has 108 valence electrons. The molecular formula is C16H22N2O2. The van der Waals surface area contributed by atoms with Crippen LogP contribution in [-0.4, -0.2) is 24.3 Å². The van der Waals surface area contributed by atoms with Crippen LogP contribution in [0.25, 0.3) is 0 Å². The normalized spacial score (nSPS) is 13.8. The van der Waals surface area contributed by atoms with Crippen LogP contribution >= 0.6 is 0 Å². The maximum atomic E-state index is 11.5. The fraction of sp³-hybridized carbons (Fsp3) is 0.500. The molecule has 0 saturated heterocycles. The Morgan fingerprint density at radius 2 is 1.90 bits per heavy atom. The van der Waals surface area contributed by atoms with Crippen LogP contribution in [0.1, 0.15) is 49.4 Å². The summed E-state index contributed by atoms with van der Waals surface area (Å²) in [5, 5.41) is 6.24. The zero-order valence-electron chi connectivity index (χ0n) is 11.9. The highest BCUT2D eigenvalue weighted by Crippen LogP contribution is 2.18. The Bertz CT molecular complexity index is 464. The van der Waals surface area contributed by atoms with E-state index in [1.54, 1.807) is 0 Å². The first-order valence-electron chi connectivity index (χ1n) is 7.35. The number of ketones is 1. The number of hydrogen-bond donors (Lipinski definition) is 2. The molecule has 2 N–H and O–H groups in total. The average Bonchev–Trinajstić information content (AvgIpc) is 3.27. The zero-order valence-corrected chi connectivity index (χ0v) is 11.9. The summed E-state index contributed by atoms with van der Waals surface area (Å²) in [5.74, 6) is 0.312. The van der Waals surface area contributed by atoms with E-state index in [2.05, 4.69) is 10.6 Å². The number of amides is 1. The van der Waals surface area contributed by atoms with Crippen molar-refractivity contribution in [1.29, 1.82) is 0 Å². The van der Waals surface area contributed by atoms with Crippen molar-refractivity contribution < 1.29 is 9.59 Å². The van der Waals surface area contributed by atoms with E-state index in [-0.39, 0.29) is 11.7 Å². The second-order valence-electron chi connectivity index (χ2n) is 5.23. The molecule has 1 amide bonds. The second kappa shape index (κ2) is 7.08. The molecule has 20 heavy (non-hydrogen) atoms. The molecule has 0 unspecified atom stereocenters. The number of hydrogen-bond acceptors (Lipinski definition) is 3. The first kappa shape index (κ1) is 14.6. The van der Waals surface area contributed by atoms with Gasteiger partial charge in [-0.3, -0.25) is 9.59 Å². The maximum Gasteiger partial charge on any atom is 0.220 e. The summed E-state index contributed by atoms with van der Waals surface area (Å²) >= 11 is 0. The van der Waals surface area contributed by atoms with Crippen molar-refractivity contribution in [3.8, 4) is 0 Å². The third-order valence-corrected chi connectivity index (χ3v) is 3.38. The summed E-state index contributed by atoms with van der Waals surface area (Å²) in [4.78, 5) is 23.0. The number of carbonyl (C=O) groups excluding carboxylic acids is 2. The predicted octanol–water partition coefficient (Wildman–Crippen LogP) is 2.75. The van der Waals surface area contributed by atoms with Gasteiger partial charge in [-0.2, -0.15) is 0 Å². The standard InChI is InChI=1S/C16H22N2O2/c1-2-15(19)12-5-7-13(8-6-12)17-11-3-4-16(20)18-14-9-10-14/h5-8,14,17H,2-4,9-11H2,1H3,(H,18,20). The van der Waals surface area contributed by atoms with Crippen molar-refractivity contribution in [3.63, 3.8) is 0 Å². The molecule has 0 atom stereocenters. The zero-order chi connectivity index (χ0) is 14.4. The van der Waals surface area contributed by atoms with Crippen molar-refractivity contribution in [3.05, 3.63) is 29.8 Å². The summed E-state index contributed by atoms with van der Waals surface area (Å²) in [7, 11) is 0. The minimum Gasteiger partial charge on any atom is -0.385 e. The molecule has 1 aliphatic carbocycles. The summed E-state index contributed by atoms with van der Waals surface area (Å²) < 4.78 is 0. The lowest BCUT2D eigenvalue weighted by atomic mass is 10.1. The second-order valence-corrected chi connectivity index (χ2v) is 5.23. The van der Waals surface area contributed by atoms with Gasteiger partial charge < -0.3 is 10.6 Å². The van der Waals surface area contributed by atoms with Gasteiger partial charge >= 0.3 is 0 Å². The molecule has 0 bridgehead atoms. The van der Waals surface area contributed by atoms with Gasteiger partial charge in [0.2, 0.25) is 5.91 Å². The van der Waals surface area contributed by atoms with Crippen molar-refractivity contribution in [1.82, 2.24) is 5.32 Å². The number of Topliss-reactive ketones (excluding diaryl/α,β-unsaturated/α-hetero) is 1. The molecule has 1 saturated carbocycles. The topological polar surface area (TPSA) is 58.2 Å². The molecule has 1 fully saturated rings. The van der Waals surface area contributed by atoms with E-state index in [9.17, 15) is 9.59 Å². The van der Waals surface area contributed by atoms with Gasteiger partial charge in [-0.1, -0.05) is 6.92 Å². The Hall–Kier alpha value is -1.84. The lowest BCUT2D eigenvalue weighted by Gasteiger charge is -2.07. The van der Waals surface area contributed by atoms with Crippen LogP contribution in [0, 0.1) is 0 Å². The van der Waals surface area contributed by atoms with Crippen LogP contribution in [-0.2, 0) is 4.79 Å². The quantitative estimate of drug-likeness (QED) is 0.566. The Labute approximate surface area is 119 Å². The predicted molar refractivity (Wildman–Crippen MR) is 80.0 cm³/mol. The summed E-state index contributed by atoms with van der Waals surface area (Å²) in [6.45, 7) is 2.63. The van der Waals surface area contributed by atoms with Gasteiger partial charge in [0.05, 0.1) is 0 Å². The van der Waals surface area contributed by atoms with E-state index in [0.29, 0.717) is 18.9 Å². The Kier molecular flexibility index (Phi) is 5.16. The minimum absolute atomic E-state index is 0.151. The first-order chi connectivity index (χ1) is 9.69. The third-order valence-electron chi connectivity index (χ3n) is 3.38. The molecule has 0 aromatic heterocycles. The molecule has 4 heteroatoms. The SMILES string of the molecule is CCC(=O)c1ccc(NCCCC(=O)NC2CC2)cc1. The van der Waals surface area contributed by atoms with Crippen molar-refractivity contribution in [2.75, 3.05) is 11.9 Å². The highest BCUT2D eigenvalue weighted by atomic mass is 16.1. The number of benzene rings is 1. The van der Waals surface area contributed by atoms with Gasteiger partial charge in [0.25, 0.3) is 0 Å². The summed E-state index contributed by atoms with van der Waals surface area (Å²) in [6.07, 6.45) is 4.17. The number of anilines is 1. The molecule has 1 aromatic rings. The van der Waals surface area contributed by atoms with Gasteiger partial charge in [0, 0.05) is 36.7 Å². The molecule has 0 radical (unpaired) electrons.